The Bertz CT molecular complexity index is 303. The molecule has 14 heavy (non-hydrogen) atoms. The number of rotatable bonds is 1. The number of esters is 1. The van der Waals surface area contributed by atoms with Crippen molar-refractivity contribution in [3.63, 3.8) is 0 Å². The van der Waals surface area contributed by atoms with Crippen LogP contribution in [0.15, 0.2) is 12.2 Å². The number of carbonyl (C=O) groups excluding carboxylic acids is 1. The Morgan fingerprint density at radius 3 is 2.50 bits per heavy atom. The van der Waals surface area contributed by atoms with Crippen LogP contribution in [-0.2, 0) is 9.53 Å². The van der Waals surface area contributed by atoms with Crippen LogP contribution in [-0.4, -0.2) is 11.6 Å². The topological polar surface area (TPSA) is 26.3 Å². The molecule has 2 heteroatoms. The summed E-state index contributed by atoms with van der Waals surface area (Å²) in [4.78, 5) is 11.0. The normalized spacial score (nSPS) is 42.9. The first-order chi connectivity index (χ1) is 6.36. The van der Waals surface area contributed by atoms with Crippen molar-refractivity contribution in [1.82, 2.24) is 0 Å². The average Bonchev–Trinajstić information content (AvgIpc) is 2.00. The number of hydrogen-bond acceptors (Lipinski definition) is 2. The zero-order valence-electron chi connectivity index (χ0n) is 9.33. The standard InChI is InChI=1S/C12H18O2/c1-8(13)14-12(4)6-5-9-7-10(12)11(9,2)3/h5-6,9-10H,7H2,1-4H3/t9-,10?,12?/m0/s1. The van der Waals surface area contributed by atoms with Crippen molar-refractivity contribution in [3.05, 3.63) is 12.2 Å². The van der Waals surface area contributed by atoms with E-state index in [0.717, 1.165) is 6.42 Å². The third kappa shape index (κ3) is 1.13. The molecule has 2 bridgehead atoms. The lowest BCUT2D eigenvalue weighted by Gasteiger charge is -2.60. The van der Waals surface area contributed by atoms with Gasteiger partial charge in [0.2, 0.25) is 0 Å². The summed E-state index contributed by atoms with van der Waals surface area (Å²) in [6.07, 6.45) is 5.44. The van der Waals surface area contributed by atoms with Crippen LogP contribution in [0, 0.1) is 17.3 Å². The monoisotopic (exact) mass is 194 g/mol. The predicted octanol–water partition coefficient (Wildman–Crippen LogP) is 2.54. The Labute approximate surface area is 85.3 Å². The van der Waals surface area contributed by atoms with Crippen molar-refractivity contribution in [3.8, 4) is 0 Å². The van der Waals surface area contributed by atoms with E-state index in [-0.39, 0.29) is 11.6 Å². The quantitative estimate of drug-likeness (QED) is 0.473. The maximum atomic E-state index is 11.0. The largest absolute Gasteiger partial charge is 0.455 e. The van der Waals surface area contributed by atoms with Crippen LogP contribution in [0.25, 0.3) is 0 Å². The minimum absolute atomic E-state index is 0.182. The number of hydrogen-bond donors (Lipinski definition) is 0. The summed E-state index contributed by atoms with van der Waals surface area (Å²) in [7, 11) is 0. The summed E-state index contributed by atoms with van der Waals surface area (Å²) >= 11 is 0. The van der Waals surface area contributed by atoms with Gasteiger partial charge in [-0.15, -0.1) is 0 Å². The second kappa shape index (κ2) is 2.62. The van der Waals surface area contributed by atoms with Crippen LogP contribution in [0.4, 0.5) is 0 Å². The molecule has 0 aliphatic heterocycles. The summed E-state index contributed by atoms with van der Waals surface area (Å²) in [6.45, 7) is 8.03. The minimum Gasteiger partial charge on any atom is -0.455 e. The molecule has 3 aliphatic rings. The first-order valence-corrected chi connectivity index (χ1v) is 5.25. The van der Waals surface area contributed by atoms with Crippen molar-refractivity contribution in [2.75, 3.05) is 0 Å². The van der Waals surface area contributed by atoms with Crippen LogP contribution >= 0.6 is 0 Å². The number of allylic oxidation sites excluding steroid dienone is 1. The lowest BCUT2D eigenvalue weighted by molar-refractivity contribution is -0.178. The van der Waals surface area contributed by atoms with Crippen molar-refractivity contribution in [1.29, 1.82) is 0 Å². The summed E-state index contributed by atoms with van der Waals surface area (Å²) in [5.41, 5.74) is -0.0803. The van der Waals surface area contributed by atoms with Crippen molar-refractivity contribution < 1.29 is 9.53 Å². The van der Waals surface area contributed by atoms with Gasteiger partial charge in [0.25, 0.3) is 0 Å². The Morgan fingerprint density at radius 2 is 2.07 bits per heavy atom. The Kier molecular flexibility index (Phi) is 1.82. The third-order valence-corrected chi connectivity index (χ3v) is 4.06. The molecule has 0 aromatic carbocycles. The van der Waals surface area contributed by atoms with Crippen molar-refractivity contribution in [2.24, 2.45) is 17.3 Å². The lowest BCUT2D eigenvalue weighted by atomic mass is 9.47. The summed E-state index contributed by atoms with van der Waals surface area (Å²) in [5.74, 6) is 0.975. The second-order valence-electron chi connectivity index (χ2n) is 5.35. The molecule has 78 valence electrons. The first kappa shape index (κ1) is 9.75. The molecule has 1 saturated carbocycles. The lowest BCUT2D eigenvalue weighted by Crippen LogP contribution is -2.58. The van der Waals surface area contributed by atoms with Gasteiger partial charge in [-0.05, 0) is 30.8 Å². The summed E-state index contributed by atoms with van der Waals surface area (Å²) < 4.78 is 5.44. The maximum Gasteiger partial charge on any atom is 0.303 e. The van der Waals surface area contributed by atoms with E-state index in [9.17, 15) is 4.79 Å². The molecule has 0 N–H and O–H groups in total. The molecule has 3 atom stereocenters. The van der Waals surface area contributed by atoms with E-state index in [1.165, 1.54) is 6.92 Å². The van der Waals surface area contributed by atoms with Crippen LogP contribution in [0.2, 0.25) is 0 Å². The zero-order valence-corrected chi connectivity index (χ0v) is 9.33. The van der Waals surface area contributed by atoms with Gasteiger partial charge >= 0.3 is 5.97 Å². The highest BCUT2D eigenvalue weighted by Gasteiger charge is 2.58. The molecule has 2 nitrogen and oxygen atoms in total. The van der Waals surface area contributed by atoms with Crippen molar-refractivity contribution in [2.45, 2.75) is 39.7 Å². The molecular weight excluding hydrogens is 176 g/mol. The second-order valence-corrected chi connectivity index (χ2v) is 5.35. The van der Waals surface area contributed by atoms with Gasteiger partial charge in [-0.3, -0.25) is 4.79 Å². The molecule has 3 aliphatic carbocycles. The van der Waals surface area contributed by atoms with Gasteiger partial charge in [-0.2, -0.15) is 0 Å². The fourth-order valence-corrected chi connectivity index (χ4v) is 3.10. The SMILES string of the molecule is CC(=O)OC1(C)C=C[C@H]2CC1C2(C)C. The Morgan fingerprint density at radius 1 is 1.43 bits per heavy atom. The molecule has 0 spiro atoms. The van der Waals surface area contributed by atoms with Crippen LogP contribution in [0.3, 0.4) is 0 Å². The van der Waals surface area contributed by atoms with Gasteiger partial charge in [0.15, 0.2) is 0 Å². The molecule has 0 heterocycles. The molecule has 0 aromatic heterocycles. The molecule has 1 fully saturated rings. The molecule has 0 aromatic rings. The number of fused-ring (bicyclic) bond motifs is 1. The Hall–Kier alpha value is -0.790. The highest BCUT2D eigenvalue weighted by atomic mass is 16.6. The highest BCUT2D eigenvalue weighted by molar-refractivity contribution is 5.67. The van der Waals surface area contributed by atoms with E-state index >= 15 is 0 Å². The van der Waals surface area contributed by atoms with E-state index < -0.39 is 0 Å². The van der Waals surface area contributed by atoms with Gasteiger partial charge in [-0.1, -0.05) is 19.9 Å². The van der Waals surface area contributed by atoms with E-state index in [0.29, 0.717) is 17.3 Å². The molecule has 0 saturated heterocycles. The van der Waals surface area contributed by atoms with E-state index in [1.807, 2.05) is 6.92 Å². The predicted molar refractivity (Wildman–Crippen MR) is 54.7 cm³/mol. The van der Waals surface area contributed by atoms with Gasteiger partial charge in [0.05, 0.1) is 0 Å². The van der Waals surface area contributed by atoms with Crippen LogP contribution in [0.1, 0.15) is 34.1 Å². The average molecular weight is 194 g/mol. The fraction of sp³-hybridized carbons (Fsp3) is 0.750. The van der Waals surface area contributed by atoms with Crippen LogP contribution in [0.5, 0.6) is 0 Å². The van der Waals surface area contributed by atoms with E-state index in [4.69, 9.17) is 4.74 Å². The zero-order chi connectivity index (χ0) is 10.6. The fourth-order valence-electron chi connectivity index (χ4n) is 3.10. The van der Waals surface area contributed by atoms with Crippen LogP contribution < -0.4 is 0 Å². The van der Waals surface area contributed by atoms with Gasteiger partial charge in [0, 0.05) is 12.8 Å². The molecule has 0 amide bonds. The summed E-state index contributed by atoms with van der Waals surface area (Å²) in [6, 6.07) is 0. The molecule has 3 rings (SSSR count). The van der Waals surface area contributed by atoms with Gasteiger partial charge in [-0.25, -0.2) is 0 Å². The number of carbonyl (C=O) groups is 1. The van der Waals surface area contributed by atoms with Crippen molar-refractivity contribution >= 4 is 5.97 Å². The molecular formula is C12H18O2. The summed E-state index contributed by atoms with van der Waals surface area (Å²) in [5, 5.41) is 0. The number of ether oxygens (including phenoxy) is 1. The highest BCUT2D eigenvalue weighted by Crippen LogP contribution is 2.60. The van der Waals surface area contributed by atoms with Gasteiger partial charge < -0.3 is 4.74 Å². The van der Waals surface area contributed by atoms with E-state index in [2.05, 4.69) is 26.0 Å². The maximum absolute atomic E-state index is 11.0. The molecule has 0 radical (unpaired) electrons. The minimum atomic E-state index is -0.371. The Balaban J connectivity index is 2.26. The third-order valence-electron chi connectivity index (χ3n) is 4.06. The first-order valence-electron chi connectivity index (χ1n) is 5.25. The van der Waals surface area contributed by atoms with Gasteiger partial charge in [0.1, 0.15) is 5.60 Å². The smallest absolute Gasteiger partial charge is 0.303 e. The molecule has 2 unspecified atom stereocenters. The van der Waals surface area contributed by atoms with E-state index in [1.54, 1.807) is 0 Å².